The van der Waals surface area contributed by atoms with Crippen LogP contribution in [0.5, 0.6) is 5.75 Å². The van der Waals surface area contributed by atoms with Crippen LogP contribution in [0.25, 0.3) is 0 Å². The van der Waals surface area contributed by atoms with Gasteiger partial charge >= 0.3 is 0 Å². The van der Waals surface area contributed by atoms with Crippen LogP contribution < -0.4 is 9.46 Å². The fraction of sp³-hybridized carbons (Fsp3) is 0.364. The summed E-state index contributed by atoms with van der Waals surface area (Å²) in [5, 5.41) is 0. The van der Waals surface area contributed by atoms with Crippen molar-refractivity contribution in [1.82, 2.24) is 4.90 Å². The summed E-state index contributed by atoms with van der Waals surface area (Å²) in [6.45, 7) is 4.84. The Balaban J connectivity index is 1.90. The third-order valence-corrected chi connectivity index (χ3v) is 6.68. The minimum Gasteiger partial charge on any atom is -0.496 e. The van der Waals surface area contributed by atoms with Crippen molar-refractivity contribution in [2.75, 3.05) is 24.9 Å². The van der Waals surface area contributed by atoms with Crippen LogP contribution in [0.1, 0.15) is 47.4 Å². The third-order valence-electron chi connectivity index (χ3n) is 5.30. The predicted molar refractivity (Wildman–Crippen MR) is 115 cm³/mol. The molecule has 0 saturated carbocycles. The number of nitrogens with zero attached hydrogens (tertiary/aromatic N) is 1. The van der Waals surface area contributed by atoms with Gasteiger partial charge in [-0.25, -0.2) is 8.42 Å². The normalized spacial score (nSPS) is 15.0. The smallest absolute Gasteiger partial charge is 0.261 e. The van der Waals surface area contributed by atoms with Gasteiger partial charge in [0.1, 0.15) is 5.75 Å². The van der Waals surface area contributed by atoms with E-state index in [4.69, 9.17) is 4.74 Å². The summed E-state index contributed by atoms with van der Waals surface area (Å²) >= 11 is 0. The molecule has 1 fully saturated rings. The summed E-state index contributed by atoms with van der Waals surface area (Å²) in [6.07, 6.45) is 1.83. The average molecular weight is 431 g/mol. The molecule has 1 aliphatic rings. The lowest BCUT2D eigenvalue weighted by Gasteiger charge is -2.30. The van der Waals surface area contributed by atoms with E-state index in [1.807, 2.05) is 0 Å². The molecule has 3 rings (SSSR count). The molecule has 2 aromatic carbocycles. The second kappa shape index (κ2) is 8.87. The molecule has 0 aliphatic carbocycles. The van der Waals surface area contributed by atoms with Crippen LogP contribution in [0.3, 0.4) is 0 Å². The number of piperidine rings is 1. The second-order valence-corrected chi connectivity index (χ2v) is 9.26. The molecule has 2 aromatic rings. The van der Waals surface area contributed by atoms with Gasteiger partial charge in [-0.2, -0.15) is 0 Å². The van der Waals surface area contributed by atoms with Gasteiger partial charge in [0.05, 0.1) is 17.6 Å². The van der Waals surface area contributed by atoms with Crippen LogP contribution in [-0.4, -0.2) is 45.2 Å². The summed E-state index contributed by atoms with van der Waals surface area (Å²) < 4.78 is 33.6. The summed E-state index contributed by atoms with van der Waals surface area (Å²) in [5.41, 5.74) is 0.893. The van der Waals surface area contributed by atoms with Crippen molar-refractivity contribution in [2.45, 2.75) is 31.6 Å². The first-order valence-corrected chi connectivity index (χ1v) is 11.3. The molecule has 8 heteroatoms. The van der Waals surface area contributed by atoms with E-state index in [1.54, 1.807) is 23.1 Å². The highest BCUT2D eigenvalue weighted by atomic mass is 32.2. The van der Waals surface area contributed by atoms with Crippen molar-refractivity contribution < 1.29 is 22.7 Å². The number of ether oxygens (including phenoxy) is 1. The molecule has 0 unspecified atom stereocenters. The Morgan fingerprint density at radius 2 is 1.80 bits per heavy atom. The monoisotopic (exact) mass is 430 g/mol. The molecule has 1 N–H and O–H groups in total. The number of nitrogens with one attached hydrogen (secondary N) is 1. The highest BCUT2D eigenvalue weighted by Crippen LogP contribution is 2.27. The maximum atomic E-state index is 13.0. The van der Waals surface area contributed by atoms with Crippen LogP contribution in [0.2, 0.25) is 0 Å². The second-order valence-electron chi connectivity index (χ2n) is 7.58. The molecule has 1 aliphatic heterocycles. The first kappa shape index (κ1) is 21.8. The molecule has 1 amide bonds. The highest BCUT2D eigenvalue weighted by Gasteiger charge is 2.26. The van der Waals surface area contributed by atoms with Gasteiger partial charge in [0.25, 0.3) is 15.9 Å². The number of carbonyl (C=O) groups excluding carboxylic acids is 2. The van der Waals surface area contributed by atoms with Crippen molar-refractivity contribution in [3.8, 4) is 5.75 Å². The molecular weight excluding hydrogens is 404 g/mol. The molecule has 0 spiro atoms. The Morgan fingerprint density at radius 1 is 1.10 bits per heavy atom. The third kappa shape index (κ3) is 4.81. The van der Waals surface area contributed by atoms with Gasteiger partial charge in [-0.15, -0.1) is 0 Å². The molecule has 0 aromatic heterocycles. The number of rotatable bonds is 6. The highest BCUT2D eigenvalue weighted by molar-refractivity contribution is 7.92. The number of Topliss-reactive ketones (excluding diaryl/α,β-unsaturated/α-hetero) is 1. The number of anilines is 1. The van der Waals surface area contributed by atoms with Crippen LogP contribution in [-0.2, 0) is 10.0 Å². The lowest BCUT2D eigenvalue weighted by Crippen LogP contribution is -2.38. The molecule has 0 atom stereocenters. The van der Waals surface area contributed by atoms with E-state index >= 15 is 0 Å². The lowest BCUT2D eigenvalue weighted by atomic mass is 9.98. The van der Waals surface area contributed by atoms with Crippen molar-refractivity contribution >= 4 is 27.4 Å². The Labute approximate surface area is 177 Å². The minimum absolute atomic E-state index is 0.0507. The van der Waals surface area contributed by atoms with Gasteiger partial charge in [0, 0.05) is 24.3 Å². The number of benzene rings is 2. The molecule has 0 bridgehead atoms. The Morgan fingerprint density at radius 3 is 2.43 bits per heavy atom. The minimum atomic E-state index is -3.96. The summed E-state index contributed by atoms with van der Waals surface area (Å²) in [4.78, 5) is 26.3. The van der Waals surface area contributed by atoms with E-state index in [0.29, 0.717) is 30.3 Å². The molecular formula is C22H26N2O5S. The largest absolute Gasteiger partial charge is 0.496 e. The zero-order chi connectivity index (χ0) is 21.9. The number of hydrogen-bond acceptors (Lipinski definition) is 5. The maximum Gasteiger partial charge on any atom is 0.261 e. The number of ketones is 1. The summed E-state index contributed by atoms with van der Waals surface area (Å²) in [7, 11) is -2.52. The number of carbonyl (C=O) groups is 2. The van der Waals surface area contributed by atoms with E-state index in [1.165, 1.54) is 38.3 Å². The predicted octanol–water partition coefficient (Wildman–Crippen LogP) is 3.57. The van der Waals surface area contributed by atoms with Gasteiger partial charge in [-0.1, -0.05) is 19.1 Å². The van der Waals surface area contributed by atoms with Gasteiger partial charge in [-0.3, -0.25) is 14.3 Å². The fourth-order valence-electron chi connectivity index (χ4n) is 3.42. The first-order chi connectivity index (χ1) is 14.2. The van der Waals surface area contributed by atoms with E-state index in [9.17, 15) is 18.0 Å². The lowest BCUT2D eigenvalue weighted by molar-refractivity contribution is 0.0693. The van der Waals surface area contributed by atoms with Crippen molar-refractivity contribution in [3.05, 3.63) is 53.6 Å². The van der Waals surface area contributed by atoms with E-state index in [-0.39, 0.29) is 27.8 Å². The van der Waals surface area contributed by atoms with E-state index < -0.39 is 10.0 Å². The van der Waals surface area contributed by atoms with Gasteiger partial charge in [0.15, 0.2) is 5.78 Å². The van der Waals surface area contributed by atoms with Crippen molar-refractivity contribution in [3.63, 3.8) is 0 Å². The van der Waals surface area contributed by atoms with Crippen LogP contribution in [0.15, 0.2) is 47.4 Å². The molecule has 160 valence electrons. The average Bonchev–Trinajstić information content (AvgIpc) is 2.73. The SMILES string of the molecule is COc1ccc(S(=O)(=O)Nc2cccc(C(C)=O)c2)cc1C(=O)N1CCC(C)CC1. The topological polar surface area (TPSA) is 92.8 Å². The number of sulfonamides is 1. The zero-order valence-corrected chi connectivity index (χ0v) is 18.2. The first-order valence-electron chi connectivity index (χ1n) is 9.82. The van der Waals surface area contributed by atoms with Crippen molar-refractivity contribution in [1.29, 1.82) is 0 Å². The quantitative estimate of drug-likeness (QED) is 0.707. The number of likely N-dealkylation sites (tertiary alicyclic amines) is 1. The van der Waals surface area contributed by atoms with Gasteiger partial charge in [0.2, 0.25) is 0 Å². The van der Waals surface area contributed by atoms with Crippen molar-refractivity contribution in [2.24, 2.45) is 5.92 Å². The summed E-state index contributed by atoms with van der Waals surface area (Å²) in [5.74, 6) is 0.493. The van der Waals surface area contributed by atoms with Gasteiger partial charge < -0.3 is 9.64 Å². The standard InChI is InChI=1S/C22H26N2O5S/c1-15-9-11-24(12-10-15)22(26)20-14-19(7-8-21(20)29-3)30(27,28)23-18-6-4-5-17(13-18)16(2)25/h4-8,13-15,23H,9-12H2,1-3H3. The molecule has 7 nitrogen and oxygen atoms in total. The summed E-state index contributed by atoms with van der Waals surface area (Å²) in [6, 6.07) is 10.5. The fourth-order valence-corrected chi connectivity index (χ4v) is 4.49. The Bertz CT molecular complexity index is 1060. The molecule has 30 heavy (non-hydrogen) atoms. The zero-order valence-electron chi connectivity index (χ0n) is 17.3. The Hall–Kier alpha value is -2.87. The van der Waals surface area contributed by atoms with Crippen LogP contribution in [0.4, 0.5) is 5.69 Å². The number of hydrogen-bond donors (Lipinski definition) is 1. The van der Waals surface area contributed by atoms with Crippen LogP contribution in [0, 0.1) is 5.92 Å². The van der Waals surface area contributed by atoms with E-state index in [0.717, 1.165) is 12.8 Å². The molecule has 1 heterocycles. The Kier molecular flexibility index (Phi) is 6.45. The van der Waals surface area contributed by atoms with E-state index in [2.05, 4.69) is 11.6 Å². The molecule has 1 saturated heterocycles. The van der Waals surface area contributed by atoms with Gasteiger partial charge in [-0.05, 0) is 56.0 Å². The number of amides is 1. The molecule has 0 radical (unpaired) electrons. The van der Waals surface area contributed by atoms with Crippen LogP contribution >= 0.6 is 0 Å². The maximum absolute atomic E-state index is 13.0. The number of methoxy groups -OCH3 is 1.